The topological polar surface area (TPSA) is 68.2 Å². The van der Waals surface area contributed by atoms with Crippen LogP contribution in [0.3, 0.4) is 0 Å². The fourth-order valence-corrected chi connectivity index (χ4v) is 3.55. The molecule has 2 aromatic rings. The van der Waals surface area contributed by atoms with Gasteiger partial charge in [0.25, 0.3) is 0 Å². The fourth-order valence-electron chi connectivity index (χ4n) is 1.97. The van der Waals surface area contributed by atoms with E-state index in [-0.39, 0.29) is 5.78 Å². The molecule has 0 amide bonds. The zero-order valence-electron chi connectivity index (χ0n) is 11.1. The maximum Gasteiger partial charge on any atom is 0.208 e. The van der Waals surface area contributed by atoms with E-state index < -0.39 is 10.0 Å². The van der Waals surface area contributed by atoms with E-state index in [2.05, 4.69) is 4.72 Å². The third-order valence-electron chi connectivity index (χ3n) is 2.82. The van der Waals surface area contributed by atoms with Gasteiger partial charge in [-0.1, -0.05) is 0 Å². The van der Waals surface area contributed by atoms with Gasteiger partial charge in [0, 0.05) is 24.2 Å². The minimum atomic E-state index is -3.17. The molecule has 5 nitrogen and oxygen atoms in total. The second kappa shape index (κ2) is 5.07. The molecular weight excluding hydrogens is 284 g/mol. The van der Waals surface area contributed by atoms with Crippen molar-refractivity contribution in [2.24, 2.45) is 0 Å². The SMILES string of the molecule is CC(=O)c1cc2cc(C)n(CCNS(C)(=O)=O)c2s1. The summed E-state index contributed by atoms with van der Waals surface area (Å²) in [4.78, 5) is 13.1. The maximum absolute atomic E-state index is 11.4. The van der Waals surface area contributed by atoms with E-state index >= 15 is 0 Å². The van der Waals surface area contributed by atoms with Crippen molar-refractivity contribution in [3.05, 3.63) is 22.7 Å². The number of ketones is 1. The number of carbonyl (C=O) groups is 1. The number of nitrogens with zero attached hydrogens (tertiary/aromatic N) is 1. The van der Waals surface area contributed by atoms with Crippen LogP contribution in [0.25, 0.3) is 10.2 Å². The smallest absolute Gasteiger partial charge is 0.208 e. The van der Waals surface area contributed by atoms with E-state index in [0.29, 0.717) is 13.1 Å². The van der Waals surface area contributed by atoms with Gasteiger partial charge in [0.1, 0.15) is 4.83 Å². The van der Waals surface area contributed by atoms with Gasteiger partial charge in [-0.3, -0.25) is 4.79 Å². The number of hydrogen-bond donors (Lipinski definition) is 1. The van der Waals surface area contributed by atoms with Crippen LogP contribution in [0, 0.1) is 6.92 Å². The Balaban J connectivity index is 2.26. The van der Waals surface area contributed by atoms with E-state index in [1.54, 1.807) is 6.92 Å². The van der Waals surface area contributed by atoms with Crippen LogP contribution in [0.2, 0.25) is 0 Å². The molecule has 0 radical (unpaired) electrons. The summed E-state index contributed by atoms with van der Waals surface area (Å²) in [5.41, 5.74) is 1.06. The molecule has 1 N–H and O–H groups in total. The Kier molecular flexibility index (Phi) is 3.80. The van der Waals surface area contributed by atoms with Crippen LogP contribution in [0.15, 0.2) is 12.1 Å². The molecule has 0 atom stereocenters. The van der Waals surface area contributed by atoms with Gasteiger partial charge in [-0.15, -0.1) is 11.3 Å². The van der Waals surface area contributed by atoms with Crippen molar-refractivity contribution in [2.45, 2.75) is 20.4 Å². The predicted octanol–water partition coefficient (Wildman–Crippen LogP) is 1.76. The van der Waals surface area contributed by atoms with Crippen molar-refractivity contribution in [1.29, 1.82) is 0 Å². The molecule has 0 aliphatic rings. The summed E-state index contributed by atoms with van der Waals surface area (Å²) in [7, 11) is -3.17. The third kappa shape index (κ3) is 3.23. The lowest BCUT2D eigenvalue weighted by molar-refractivity contribution is 0.102. The Morgan fingerprint density at radius 2 is 2.11 bits per heavy atom. The molecular formula is C12H16N2O3S2. The molecule has 0 saturated carbocycles. The summed E-state index contributed by atoms with van der Waals surface area (Å²) in [6.07, 6.45) is 1.14. The molecule has 7 heteroatoms. The van der Waals surface area contributed by atoms with Gasteiger partial charge in [0.2, 0.25) is 10.0 Å². The first-order chi connectivity index (χ1) is 8.78. The summed E-state index contributed by atoms with van der Waals surface area (Å²) in [5.74, 6) is 0.0552. The molecule has 0 spiro atoms. The molecule has 2 heterocycles. The Bertz CT molecular complexity index is 726. The van der Waals surface area contributed by atoms with Crippen LogP contribution in [0.5, 0.6) is 0 Å². The highest BCUT2D eigenvalue weighted by Gasteiger charge is 2.12. The second-order valence-electron chi connectivity index (χ2n) is 4.53. The molecule has 0 bridgehead atoms. The van der Waals surface area contributed by atoms with Gasteiger partial charge in [-0.05, 0) is 26.0 Å². The van der Waals surface area contributed by atoms with Crippen molar-refractivity contribution in [2.75, 3.05) is 12.8 Å². The quantitative estimate of drug-likeness (QED) is 0.856. The number of nitrogens with one attached hydrogen (secondary N) is 1. The van der Waals surface area contributed by atoms with Crippen LogP contribution in [-0.2, 0) is 16.6 Å². The number of hydrogen-bond acceptors (Lipinski definition) is 4. The third-order valence-corrected chi connectivity index (χ3v) is 4.83. The number of aromatic nitrogens is 1. The number of rotatable bonds is 5. The van der Waals surface area contributed by atoms with Crippen LogP contribution in [-0.4, -0.2) is 31.6 Å². The summed E-state index contributed by atoms with van der Waals surface area (Å²) in [6.45, 7) is 4.42. The second-order valence-corrected chi connectivity index (χ2v) is 7.39. The van der Waals surface area contributed by atoms with Gasteiger partial charge in [-0.25, -0.2) is 13.1 Å². The lowest BCUT2D eigenvalue weighted by atomic mass is 10.3. The van der Waals surface area contributed by atoms with E-state index in [1.807, 2.05) is 23.6 Å². The first kappa shape index (κ1) is 14.2. The van der Waals surface area contributed by atoms with Crippen molar-refractivity contribution >= 4 is 37.4 Å². The molecule has 2 rings (SSSR count). The monoisotopic (exact) mass is 300 g/mol. The minimum absolute atomic E-state index is 0.0552. The van der Waals surface area contributed by atoms with Crippen molar-refractivity contribution < 1.29 is 13.2 Å². The molecule has 104 valence electrons. The molecule has 0 unspecified atom stereocenters. The molecule has 0 aromatic carbocycles. The number of Topliss-reactive ketones (excluding diaryl/α,β-unsaturated/α-hetero) is 1. The van der Waals surface area contributed by atoms with Crippen molar-refractivity contribution in [3.8, 4) is 0 Å². The van der Waals surface area contributed by atoms with E-state index in [0.717, 1.165) is 27.0 Å². The number of sulfonamides is 1. The first-order valence-electron chi connectivity index (χ1n) is 5.83. The molecule has 2 aromatic heterocycles. The van der Waals surface area contributed by atoms with Gasteiger partial charge < -0.3 is 4.57 Å². The van der Waals surface area contributed by atoms with Gasteiger partial charge >= 0.3 is 0 Å². The highest BCUT2D eigenvalue weighted by molar-refractivity contribution is 7.88. The van der Waals surface area contributed by atoms with E-state index in [1.165, 1.54) is 11.3 Å². The van der Waals surface area contributed by atoms with Crippen LogP contribution < -0.4 is 4.72 Å². The standard InChI is InChI=1S/C12H16N2O3S2/c1-8-6-10-7-11(9(2)15)18-12(10)14(8)5-4-13-19(3,16)17/h6-7,13H,4-5H2,1-3H3. The van der Waals surface area contributed by atoms with Crippen molar-refractivity contribution in [1.82, 2.24) is 9.29 Å². The van der Waals surface area contributed by atoms with Crippen LogP contribution >= 0.6 is 11.3 Å². The number of fused-ring (bicyclic) bond motifs is 1. The van der Waals surface area contributed by atoms with E-state index in [9.17, 15) is 13.2 Å². The largest absolute Gasteiger partial charge is 0.335 e. The summed E-state index contributed by atoms with van der Waals surface area (Å²) in [6, 6.07) is 3.90. The zero-order valence-corrected chi connectivity index (χ0v) is 12.7. The Labute approximate surface area is 116 Å². The molecule has 0 fully saturated rings. The lowest BCUT2D eigenvalue weighted by Gasteiger charge is -2.07. The molecule has 0 aliphatic heterocycles. The highest BCUT2D eigenvalue weighted by Crippen LogP contribution is 2.29. The Morgan fingerprint density at radius 1 is 1.42 bits per heavy atom. The number of carbonyl (C=O) groups excluding carboxylic acids is 1. The Hall–Kier alpha value is -1.18. The van der Waals surface area contributed by atoms with Crippen LogP contribution in [0.1, 0.15) is 22.3 Å². The average Bonchev–Trinajstić information content (AvgIpc) is 2.76. The average molecular weight is 300 g/mol. The summed E-state index contributed by atoms with van der Waals surface area (Å²) >= 11 is 1.45. The summed E-state index contributed by atoms with van der Waals surface area (Å²) < 4.78 is 26.6. The maximum atomic E-state index is 11.4. The first-order valence-corrected chi connectivity index (χ1v) is 8.54. The lowest BCUT2D eigenvalue weighted by Crippen LogP contribution is -2.26. The zero-order chi connectivity index (χ0) is 14.2. The van der Waals surface area contributed by atoms with Crippen molar-refractivity contribution in [3.63, 3.8) is 0 Å². The number of thiophene rings is 1. The van der Waals surface area contributed by atoms with Gasteiger partial charge in [0.15, 0.2) is 5.78 Å². The number of aryl methyl sites for hydroxylation is 1. The minimum Gasteiger partial charge on any atom is -0.335 e. The fraction of sp³-hybridized carbons (Fsp3) is 0.417. The molecule has 19 heavy (non-hydrogen) atoms. The molecule has 0 aliphatic carbocycles. The van der Waals surface area contributed by atoms with E-state index in [4.69, 9.17) is 0 Å². The summed E-state index contributed by atoms with van der Waals surface area (Å²) in [5, 5.41) is 1.03. The van der Waals surface area contributed by atoms with Crippen LogP contribution in [0.4, 0.5) is 0 Å². The normalized spacial score (nSPS) is 12.2. The highest BCUT2D eigenvalue weighted by atomic mass is 32.2. The van der Waals surface area contributed by atoms with Gasteiger partial charge in [0.05, 0.1) is 11.1 Å². The molecule has 0 saturated heterocycles. The van der Waals surface area contributed by atoms with Gasteiger partial charge in [-0.2, -0.15) is 0 Å². The Morgan fingerprint density at radius 3 is 2.68 bits per heavy atom. The predicted molar refractivity (Wildman–Crippen MR) is 77.4 cm³/mol.